The fourth-order valence-corrected chi connectivity index (χ4v) is 3.78. The minimum absolute atomic E-state index is 0.0855. The number of amides is 1. The molecule has 1 N–H and O–H groups in total. The van der Waals surface area contributed by atoms with Gasteiger partial charge in [-0.3, -0.25) is 4.79 Å². The highest BCUT2D eigenvalue weighted by Gasteiger charge is 2.35. The van der Waals surface area contributed by atoms with Crippen molar-refractivity contribution in [2.45, 2.75) is 25.2 Å². The number of hydrogen-bond acceptors (Lipinski definition) is 4. The van der Waals surface area contributed by atoms with Crippen LogP contribution in [0.15, 0.2) is 54.6 Å². The largest absolute Gasteiger partial charge is 0.493 e. The first kappa shape index (κ1) is 20.9. The standard InChI is InChI=1S/C24H29NO4/c1-18(19-7-5-4-6-8-19)15-23(26)25-17-24(11-13-29-14-12-24)20-9-10-21(27-2)22(16-20)28-3/h4-10,15-16H,11-14,17H2,1-3H3,(H,25,26)/b18-15+. The van der Waals surface area contributed by atoms with Gasteiger partial charge in [0.15, 0.2) is 11.5 Å². The molecule has 0 saturated carbocycles. The third kappa shape index (κ3) is 4.98. The van der Waals surface area contributed by atoms with E-state index in [2.05, 4.69) is 11.4 Å². The SMILES string of the molecule is COc1ccc(C2(CNC(=O)/C=C(\C)c3ccccc3)CCOCC2)cc1OC. The number of allylic oxidation sites excluding steroid dienone is 1. The van der Waals surface area contributed by atoms with Crippen LogP contribution in [-0.2, 0) is 14.9 Å². The smallest absolute Gasteiger partial charge is 0.244 e. The maximum Gasteiger partial charge on any atom is 0.244 e. The molecule has 2 aromatic rings. The van der Waals surface area contributed by atoms with Gasteiger partial charge < -0.3 is 19.5 Å². The van der Waals surface area contributed by atoms with E-state index in [1.165, 1.54) is 0 Å². The molecular formula is C24H29NO4. The van der Waals surface area contributed by atoms with Gasteiger partial charge in [-0.15, -0.1) is 0 Å². The van der Waals surface area contributed by atoms with Crippen molar-refractivity contribution in [2.75, 3.05) is 34.0 Å². The summed E-state index contributed by atoms with van der Waals surface area (Å²) in [6.45, 7) is 3.84. The predicted molar refractivity (Wildman–Crippen MR) is 114 cm³/mol. The summed E-state index contributed by atoms with van der Waals surface area (Å²) in [7, 11) is 3.26. The molecule has 1 fully saturated rings. The lowest BCUT2D eigenvalue weighted by atomic mass is 9.74. The van der Waals surface area contributed by atoms with Crippen molar-refractivity contribution in [2.24, 2.45) is 0 Å². The molecule has 2 aromatic carbocycles. The van der Waals surface area contributed by atoms with E-state index in [1.807, 2.05) is 49.4 Å². The Bertz CT molecular complexity index is 854. The minimum atomic E-state index is -0.193. The molecule has 1 amide bonds. The molecule has 0 spiro atoms. The van der Waals surface area contributed by atoms with Crippen molar-refractivity contribution >= 4 is 11.5 Å². The van der Waals surface area contributed by atoms with E-state index in [9.17, 15) is 4.79 Å². The monoisotopic (exact) mass is 395 g/mol. The summed E-state index contributed by atoms with van der Waals surface area (Å²) in [6.07, 6.45) is 3.34. The van der Waals surface area contributed by atoms with E-state index in [0.29, 0.717) is 31.3 Å². The zero-order chi connectivity index (χ0) is 20.7. The number of methoxy groups -OCH3 is 2. The van der Waals surface area contributed by atoms with Crippen LogP contribution in [0.25, 0.3) is 5.57 Å². The van der Waals surface area contributed by atoms with Crippen LogP contribution in [0.5, 0.6) is 11.5 Å². The Kier molecular flexibility index (Phi) is 6.94. The lowest BCUT2D eigenvalue weighted by molar-refractivity contribution is -0.117. The van der Waals surface area contributed by atoms with E-state index < -0.39 is 0 Å². The van der Waals surface area contributed by atoms with Crippen LogP contribution in [0.4, 0.5) is 0 Å². The fourth-order valence-electron chi connectivity index (χ4n) is 3.78. The van der Waals surface area contributed by atoms with E-state index in [-0.39, 0.29) is 11.3 Å². The second-order valence-corrected chi connectivity index (χ2v) is 7.37. The van der Waals surface area contributed by atoms with Crippen LogP contribution in [0.2, 0.25) is 0 Å². The van der Waals surface area contributed by atoms with Crippen molar-refractivity contribution in [1.29, 1.82) is 0 Å². The molecule has 0 radical (unpaired) electrons. The van der Waals surface area contributed by atoms with Gasteiger partial charge >= 0.3 is 0 Å². The van der Waals surface area contributed by atoms with Crippen molar-refractivity contribution in [3.8, 4) is 11.5 Å². The lowest BCUT2D eigenvalue weighted by Gasteiger charge is -2.38. The number of carbonyl (C=O) groups excluding carboxylic acids is 1. The van der Waals surface area contributed by atoms with Gasteiger partial charge in [0.25, 0.3) is 0 Å². The summed E-state index contributed by atoms with van der Waals surface area (Å²) in [6, 6.07) is 15.9. The number of rotatable bonds is 7. The predicted octanol–water partition coefficient (Wildman–Crippen LogP) is 3.97. The highest BCUT2D eigenvalue weighted by atomic mass is 16.5. The van der Waals surface area contributed by atoms with Crippen molar-refractivity contribution < 1.29 is 19.0 Å². The second-order valence-electron chi connectivity index (χ2n) is 7.37. The van der Waals surface area contributed by atoms with E-state index in [4.69, 9.17) is 14.2 Å². The number of carbonyl (C=O) groups is 1. The molecule has 1 aliphatic heterocycles. The summed E-state index contributed by atoms with van der Waals surface area (Å²) >= 11 is 0. The van der Waals surface area contributed by atoms with Gasteiger partial charge in [-0.1, -0.05) is 36.4 Å². The molecule has 0 atom stereocenters. The van der Waals surface area contributed by atoms with E-state index >= 15 is 0 Å². The Morgan fingerprint density at radius 3 is 2.41 bits per heavy atom. The van der Waals surface area contributed by atoms with Crippen LogP contribution in [0.1, 0.15) is 30.9 Å². The number of ether oxygens (including phenoxy) is 3. The maximum atomic E-state index is 12.6. The Hall–Kier alpha value is -2.79. The summed E-state index contributed by atoms with van der Waals surface area (Å²) < 4.78 is 16.5. The van der Waals surface area contributed by atoms with Crippen LogP contribution in [-0.4, -0.2) is 39.9 Å². The molecule has 0 bridgehead atoms. The fraction of sp³-hybridized carbons (Fsp3) is 0.375. The molecule has 154 valence electrons. The number of nitrogens with one attached hydrogen (secondary N) is 1. The summed E-state index contributed by atoms with van der Waals surface area (Å²) in [5, 5.41) is 3.12. The van der Waals surface area contributed by atoms with Crippen molar-refractivity contribution in [1.82, 2.24) is 5.32 Å². The Morgan fingerprint density at radius 1 is 1.07 bits per heavy atom. The van der Waals surface area contributed by atoms with E-state index in [0.717, 1.165) is 29.5 Å². The van der Waals surface area contributed by atoms with Crippen molar-refractivity contribution in [3.63, 3.8) is 0 Å². The van der Waals surface area contributed by atoms with Crippen molar-refractivity contribution in [3.05, 3.63) is 65.7 Å². The Balaban J connectivity index is 1.78. The molecule has 1 aliphatic rings. The quantitative estimate of drug-likeness (QED) is 0.721. The average Bonchev–Trinajstić information content (AvgIpc) is 2.78. The molecule has 1 saturated heterocycles. The first-order chi connectivity index (χ1) is 14.1. The second kappa shape index (κ2) is 9.61. The van der Waals surface area contributed by atoms with Gasteiger partial charge in [0.1, 0.15) is 0 Å². The van der Waals surface area contributed by atoms with Gasteiger partial charge in [-0.05, 0) is 48.6 Å². The van der Waals surface area contributed by atoms with E-state index in [1.54, 1.807) is 20.3 Å². The van der Waals surface area contributed by atoms with Crippen LogP contribution in [0.3, 0.4) is 0 Å². The zero-order valence-corrected chi connectivity index (χ0v) is 17.4. The van der Waals surface area contributed by atoms with Crippen LogP contribution < -0.4 is 14.8 Å². The van der Waals surface area contributed by atoms with Gasteiger partial charge in [-0.25, -0.2) is 0 Å². The highest BCUT2D eigenvalue weighted by molar-refractivity contribution is 5.94. The summed E-state index contributed by atoms with van der Waals surface area (Å²) in [4.78, 5) is 12.6. The van der Waals surface area contributed by atoms with Gasteiger partial charge in [0.05, 0.1) is 14.2 Å². The zero-order valence-electron chi connectivity index (χ0n) is 17.4. The average molecular weight is 395 g/mol. The molecule has 5 heteroatoms. The summed E-state index contributed by atoms with van der Waals surface area (Å²) in [5.74, 6) is 1.31. The molecule has 3 rings (SSSR count). The number of benzene rings is 2. The first-order valence-corrected chi connectivity index (χ1v) is 9.90. The van der Waals surface area contributed by atoms with Crippen LogP contribution in [0, 0.1) is 0 Å². The topological polar surface area (TPSA) is 56.8 Å². The molecule has 0 unspecified atom stereocenters. The first-order valence-electron chi connectivity index (χ1n) is 9.90. The Labute approximate surface area is 172 Å². The Morgan fingerprint density at radius 2 is 1.76 bits per heavy atom. The molecular weight excluding hydrogens is 366 g/mol. The van der Waals surface area contributed by atoms with Gasteiger partial charge in [0, 0.05) is 31.2 Å². The number of hydrogen-bond donors (Lipinski definition) is 1. The lowest BCUT2D eigenvalue weighted by Crippen LogP contribution is -2.44. The third-order valence-electron chi connectivity index (χ3n) is 5.62. The molecule has 29 heavy (non-hydrogen) atoms. The molecule has 0 aromatic heterocycles. The normalized spacial score (nSPS) is 16.2. The van der Waals surface area contributed by atoms with Gasteiger partial charge in [-0.2, -0.15) is 0 Å². The maximum absolute atomic E-state index is 12.6. The highest BCUT2D eigenvalue weighted by Crippen LogP contribution is 2.38. The third-order valence-corrected chi connectivity index (χ3v) is 5.62. The molecule has 0 aliphatic carbocycles. The minimum Gasteiger partial charge on any atom is -0.493 e. The molecule has 1 heterocycles. The van der Waals surface area contributed by atoms with Crippen LogP contribution >= 0.6 is 0 Å². The molecule has 5 nitrogen and oxygen atoms in total. The summed E-state index contributed by atoms with van der Waals surface area (Å²) in [5.41, 5.74) is 2.92. The van der Waals surface area contributed by atoms with Gasteiger partial charge in [0.2, 0.25) is 5.91 Å².